The zero-order chi connectivity index (χ0) is 14.1. The Morgan fingerprint density at radius 3 is 2.74 bits per heavy atom. The molecule has 1 atom stereocenters. The molecule has 108 valence electrons. The molecule has 0 aliphatic carbocycles. The number of aromatic nitrogens is 1. The zero-order valence-corrected chi connectivity index (χ0v) is 13.1. The number of pyridine rings is 1. The van der Waals surface area contributed by atoms with Gasteiger partial charge < -0.3 is 10.2 Å². The van der Waals surface area contributed by atoms with E-state index in [0.717, 1.165) is 30.2 Å². The van der Waals surface area contributed by atoms with E-state index in [9.17, 15) is 0 Å². The Bertz CT molecular complexity index is 353. The summed E-state index contributed by atoms with van der Waals surface area (Å²) in [5.41, 5.74) is 1.12. The smallest absolute Gasteiger partial charge is 0.0634 e. The van der Waals surface area contributed by atoms with E-state index < -0.39 is 0 Å². The lowest BCUT2D eigenvalue weighted by atomic mass is 10.1. The van der Waals surface area contributed by atoms with Crippen LogP contribution >= 0.6 is 11.6 Å². The Labute approximate surface area is 122 Å². The fourth-order valence-electron chi connectivity index (χ4n) is 2.09. The highest BCUT2D eigenvalue weighted by Gasteiger charge is 2.05. The van der Waals surface area contributed by atoms with Crippen LogP contribution in [0.15, 0.2) is 18.5 Å². The second-order valence-corrected chi connectivity index (χ2v) is 5.33. The minimum Gasteiger partial charge on any atom is -0.310 e. The van der Waals surface area contributed by atoms with E-state index in [0.29, 0.717) is 6.04 Å². The van der Waals surface area contributed by atoms with Crippen molar-refractivity contribution in [2.24, 2.45) is 0 Å². The van der Waals surface area contributed by atoms with Crippen molar-refractivity contribution >= 4 is 11.6 Å². The van der Waals surface area contributed by atoms with Gasteiger partial charge in [-0.1, -0.05) is 25.4 Å². The maximum atomic E-state index is 6.08. The summed E-state index contributed by atoms with van der Waals surface area (Å²) < 4.78 is 0. The molecule has 0 aromatic carbocycles. The van der Waals surface area contributed by atoms with Gasteiger partial charge in [-0.2, -0.15) is 0 Å². The van der Waals surface area contributed by atoms with Crippen molar-refractivity contribution in [3.8, 4) is 0 Å². The summed E-state index contributed by atoms with van der Waals surface area (Å²) in [6.07, 6.45) is 5.91. The average molecular weight is 284 g/mol. The van der Waals surface area contributed by atoms with Crippen molar-refractivity contribution in [3.05, 3.63) is 29.0 Å². The fraction of sp³-hybridized carbons (Fsp3) is 0.667. The van der Waals surface area contributed by atoms with Crippen LogP contribution in [0.4, 0.5) is 0 Å². The van der Waals surface area contributed by atoms with Crippen LogP contribution in [0.1, 0.15) is 39.2 Å². The number of nitrogens with zero attached hydrogens (tertiary/aromatic N) is 2. The number of hydrogen-bond donors (Lipinski definition) is 1. The third-order valence-corrected chi connectivity index (χ3v) is 3.84. The molecule has 0 aliphatic rings. The highest BCUT2D eigenvalue weighted by molar-refractivity contribution is 6.31. The van der Waals surface area contributed by atoms with Crippen LogP contribution in [0.3, 0.4) is 0 Å². The predicted octanol–water partition coefficient (Wildman–Crippen LogP) is 3.34. The molecule has 4 heteroatoms. The molecule has 1 aromatic heterocycles. The van der Waals surface area contributed by atoms with Crippen molar-refractivity contribution in [1.29, 1.82) is 0 Å². The van der Waals surface area contributed by atoms with Gasteiger partial charge in [0, 0.05) is 25.0 Å². The van der Waals surface area contributed by atoms with Gasteiger partial charge in [0.25, 0.3) is 0 Å². The average Bonchev–Trinajstić information content (AvgIpc) is 2.43. The Morgan fingerprint density at radius 1 is 1.37 bits per heavy atom. The van der Waals surface area contributed by atoms with Crippen molar-refractivity contribution in [2.45, 2.75) is 46.2 Å². The quantitative estimate of drug-likeness (QED) is 0.753. The molecule has 1 heterocycles. The first-order valence-corrected chi connectivity index (χ1v) is 7.59. The first-order valence-electron chi connectivity index (χ1n) is 7.21. The zero-order valence-electron chi connectivity index (χ0n) is 12.3. The highest BCUT2D eigenvalue weighted by Crippen LogP contribution is 2.13. The molecule has 0 aliphatic heterocycles. The van der Waals surface area contributed by atoms with Crippen LogP contribution in [0, 0.1) is 0 Å². The van der Waals surface area contributed by atoms with Gasteiger partial charge in [-0.25, -0.2) is 0 Å². The van der Waals surface area contributed by atoms with E-state index in [4.69, 9.17) is 11.6 Å². The third-order valence-electron chi connectivity index (χ3n) is 3.50. The monoisotopic (exact) mass is 283 g/mol. The third kappa shape index (κ3) is 6.37. The molecular weight excluding hydrogens is 258 g/mol. The molecule has 1 unspecified atom stereocenters. The minimum atomic E-state index is 0.514. The van der Waals surface area contributed by atoms with Gasteiger partial charge in [0.05, 0.1) is 5.02 Å². The van der Waals surface area contributed by atoms with Crippen LogP contribution in [-0.2, 0) is 6.54 Å². The summed E-state index contributed by atoms with van der Waals surface area (Å²) in [6, 6.07) is 2.48. The van der Waals surface area contributed by atoms with Gasteiger partial charge in [0.2, 0.25) is 0 Å². The molecule has 0 spiro atoms. The topological polar surface area (TPSA) is 28.2 Å². The van der Waals surface area contributed by atoms with E-state index in [1.54, 1.807) is 12.4 Å². The maximum absolute atomic E-state index is 6.08. The normalized spacial score (nSPS) is 12.9. The fourth-order valence-corrected chi connectivity index (χ4v) is 2.28. The standard InChI is InChI=1S/C15H26ClN3/c1-4-19(5-2)10-6-7-13(3)18-11-14-8-9-17-12-15(14)16/h8-9,12-13,18H,4-7,10-11H2,1-3H3. The second kappa shape index (κ2) is 9.29. The molecule has 0 fully saturated rings. The number of hydrogen-bond acceptors (Lipinski definition) is 3. The van der Waals surface area contributed by atoms with Crippen LogP contribution in [-0.4, -0.2) is 35.6 Å². The first-order chi connectivity index (χ1) is 9.17. The molecule has 19 heavy (non-hydrogen) atoms. The Balaban J connectivity index is 2.21. The SMILES string of the molecule is CCN(CC)CCCC(C)NCc1ccncc1Cl. The Hall–Kier alpha value is -0.640. The summed E-state index contributed by atoms with van der Waals surface area (Å²) >= 11 is 6.08. The molecule has 1 rings (SSSR count). The first kappa shape index (κ1) is 16.4. The maximum Gasteiger partial charge on any atom is 0.0634 e. The second-order valence-electron chi connectivity index (χ2n) is 4.92. The molecule has 1 N–H and O–H groups in total. The van der Waals surface area contributed by atoms with Crippen LogP contribution in [0.2, 0.25) is 5.02 Å². The van der Waals surface area contributed by atoms with Crippen LogP contribution in [0.5, 0.6) is 0 Å². The van der Waals surface area contributed by atoms with Gasteiger partial charge in [0.15, 0.2) is 0 Å². The van der Waals surface area contributed by atoms with Crippen LogP contribution in [0.25, 0.3) is 0 Å². The summed E-state index contributed by atoms with van der Waals surface area (Å²) in [6.45, 7) is 11.0. The molecule has 1 aromatic rings. The Morgan fingerprint density at radius 2 is 2.11 bits per heavy atom. The molecule has 0 bridgehead atoms. The molecule has 0 amide bonds. The van der Waals surface area contributed by atoms with Crippen molar-refractivity contribution in [3.63, 3.8) is 0 Å². The lowest BCUT2D eigenvalue weighted by Crippen LogP contribution is -2.28. The number of halogens is 1. The number of rotatable bonds is 9. The lowest BCUT2D eigenvalue weighted by Gasteiger charge is -2.20. The Kier molecular flexibility index (Phi) is 8.03. The van der Waals surface area contributed by atoms with Gasteiger partial charge in [0.1, 0.15) is 0 Å². The summed E-state index contributed by atoms with van der Waals surface area (Å²) in [5.74, 6) is 0. The van der Waals surface area contributed by atoms with Crippen molar-refractivity contribution in [1.82, 2.24) is 15.2 Å². The van der Waals surface area contributed by atoms with E-state index in [2.05, 4.69) is 36.0 Å². The largest absolute Gasteiger partial charge is 0.310 e. The summed E-state index contributed by atoms with van der Waals surface area (Å²) in [7, 11) is 0. The van der Waals surface area contributed by atoms with E-state index in [-0.39, 0.29) is 0 Å². The molecular formula is C15H26ClN3. The van der Waals surface area contributed by atoms with Gasteiger partial charge >= 0.3 is 0 Å². The van der Waals surface area contributed by atoms with Crippen LogP contribution < -0.4 is 5.32 Å². The van der Waals surface area contributed by atoms with Crippen molar-refractivity contribution in [2.75, 3.05) is 19.6 Å². The van der Waals surface area contributed by atoms with Gasteiger partial charge in [-0.05, 0) is 51.0 Å². The summed E-state index contributed by atoms with van der Waals surface area (Å²) in [4.78, 5) is 6.46. The van der Waals surface area contributed by atoms with E-state index in [1.807, 2.05) is 6.07 Å². The molecule has 0 saturated heterocycles. The lowest BCUT2D eigenvalue weighted by molar-refractivity contribution is 0.290. The predicted molar refractivity (Wildman–Crippen MR) is 82.6 cm³/mol. The van der Waals surface area contributed by atoms with Gasteiger partial charge in [-0.15, -0.1) is 0 Å². The van der Waals surface area contributed by atoms with Crippen molar-refractivity contribution < 1.29 is 0 Å². The van der Waals surface area contributed by atoms with E-state index in [1.165, 1.54) is 19.4 Å². The highest BCUT2D eigenvalue weighted by atomic mass is 35.5. The molecule has 0 saturated carbocycles. The minimum absolute atomic E-state index is 0.514. The molecule has 3 nitrogen and oxygen atoms in total. The van der Waals surface area contributed by atoms with Gasteiger partial charge in [-0.3, -0.25) is 4.98 Å². The summed E-state index contributed by atoms with van der Waals surface area (Å²) in [5, 5.41) is 4.26. The van der Waals surface area contributed by atoms with E-state index >= 15 is 0 Å². The molecule has 0 radical (unpaired) electrons. The number of nitrogens with one attached hydrogen (secondary N) is 1.